The molecule has 17 heavy (non-hydrogen) atoms. The quantitative estimate of drug-likeness (QED) is 0.664. The van der Waals surface area contributed by atoms with Gasteiger partial charge in [-0.25, -0.2) is 0 Å². The standard InChI is InChI=1S/C14H27NO2/c1-10(2)12(5)15-14(17)9-7-6-8-13(16)11(3)4/h10-12H,6-9H2,1-5H3,(H,15,17). The number of amides is 1. The van der Waals surface area contributed by atoms with Crippen LogP contribution in [0.15, 0.2) is 0 Å². The van der Waals surface area contributed by atoms with Crippen LogP contribution < -0.4 is 5.32 Å². The number of carbonyl (C=O) groups excluding carboxylic acids is 2. The zero-order chi connectivity index (χ0) is 13.4. The van der Waals surface area contributed by atoms with Gasteiger partial charge >= 0.3 is 0 Å². The van der Waals surface area contributed by atoms with Crippen molar-refractivity contribution in [2.24, 2.45) is 11.8 Å². The Bertz CT molecular complexity index is 247. The van der Waals surface area contributed by atoms with Crippen LogP contribution in [-0.4, -0.2) is 17.7 Å². The summed E-state index contributed by atoms with van der Waals surface area (Å²) in [4.78, 5) is 22.9. The number of hydrogen-bond donors (Lipinski definition) is 1. The Morgan fingerprint density at radius 3 is 1.94 bits per heavy atom. The number of rotatable bonds is 8. The molecule has 3 nitrogen and oxygen atoms in total. The molecule has 0 aromatic rings. The van der Waals surface area contributed by atoms with E-state index in [9.17, 15) is 9.59 Å². The second kappa shape index (κ2) is 8.26. The van der Waals surface area contributed by atoms with E-state index in [1.165, 1.54) is 0 Å². The number of ketones is 1. The molecule has 3 heteroatoms. The van der Waals surface area contributed by atoms with Gasteiger partial charge in [-0.05, 0) is 25.7 Å². The fourth-order valence-electron chi connectivity index (χ4n) is 1.37. The first-order valence-electron chi connectivity index (χ1n) is 6.66. The second-order valence-corrected chi connectivity index (χ2v) is 5.43. The molecule has 1 atom stereocenters. The summed E-state index contributed by atoms with van der Waals surface area (Å²) in [5.41, 5.74) is 0. The highest BCUT2D eigenvalue weighted by Crippen LogP contribution is 2.07. The summed E-state index contributed by atoms with van der Waals surface area (Å²) >= 11 is 0. The van der Waals surface area contributed by atoms with Crippen molar-refractivity contribution in [1.29, 1.82) is 0 Å². The Kier molecular flexibility index (Phi) is 7.85. The zero-order valence-electron chi connectivity index (χ0n) is 11.9. The fourth-order valence-corrected chi connectivity index (χ4v) is 1.37. The van der Waals surface area contributed by atoms with Crippen LogP contribution in [0.2, 0.25) is 0 Å². The topological polar surface area (TPSA) is 46.2 Å². The Hall–Kier alpha value is -0.860. The Balaban J connectivity index is 3.62. The molecule has 1 amide bonds. The Morgan fingerprint density at radius 1 is 0.941 bits per heavy atom. The van der Waals surface area contributed by atoms with Gasteiger partial charge in [0.1, 0.15) is 5.78 Å². The largest absolute Gasteiger partial charge is 0.353 e. The molecule has 0 aliphatic heterocycles. The maximum atomic E-state index is 11.5. The first-order valence-corrected chi connectivity index (χ1v) is 6.66. The molecule has 0 rings (SSSR count). The van der Waals surface area contributed by atoms with Crippen LogP contribution in [-0.2, 0) is 9.59 Å². The van der Waals surface area contributed by atoms with E-state index in [-0.39, 0.29) is 17.9 Å². The van der Waals surface area contributed by atoms with Crippen LogP contribution in [0.25, 0.3) is 0 Å². The predicted molar refractivity (Wildman–Crippen MR) is 70.8 cm³/mol. The fraction of sp³-hybridized carbons (Fsp3) is 0.857. The minimum atomic E-state index is 0.100. The van der Waals surface area contributed by atoms with Crippen molar-refractivity contribution in [3.05, 3.63) is 0 Å². The molecule has 0 saturated heterocycles. The third-order valence-electron chi connectivity index (χ3n) is 3.11. The third kappa shape index (κ3) is 7.94. The first kappa shape index (κ1) is 16.1. The minimum absolute atomic E-state index is 0.100. The van der Waals surface area contributed by atoms with Gasteiger partial charge in [0.2, 0.25) is 5.91 Å². The molecular weight excluding hydrogens is 214 g/mol. The normalized spacial score (nSPS) is 12.9. The Morgan fingerprint density at radius 2 is 1.47 bits per heavy atom. The van der Waals surface area contributed by atoms with Crippen molar-refractivity contribution in [1.82, 2.24) is 5.32 Å². The van der Waals surface area contributed by atoms with E-state index in [1.807, 2.05) is 20.8 Å². The highest BCUT2D eigenvalue weighted by atomic mass is 16.1. The summed E-state index contributed by atoms with van der Waals surface area (Å²) < 4.78 is 0. The molecule has 0 aliphatic rings. The van der Waals surface area contributed by atoms with E-state index in [4.69, 9.17) is 0 Å². The monoisotopic (exact) mass is 241 g/mol. The lowest BCUT2D eigenvalue weighted by atomic mass is 10.0. The first-order chi connectivity index (χ1) is 7.84. The maximum absolute atomic E-state index is 11.5. The van der Waals surface area contributed by atoms with Gasteiger partial charge in [0.25, 0.3) is 0 Å². The van der Waals surface area contributed by atoms with Crippen LogP contribution in [0, 0.1) is 11.8 Å². The van der Waals surface area contributed by atoms with E-state index in [2.05, 4.69) is 19.2 Å². The summed E-state index contributed by atoms with van der Waals surface area (Å²) in [6, 6.07) is 0.222. The lowest BCUT2D eigenvalue weighted by Gasteiger charge is -2.17. The van der Waals surface area contributed by atoms with Gasteiger partial charge in [-0.1, -0.05) is 27.7 Å². The van der Waals surface area contributed by atoms with Gasteiger partial charge in [-0.15, -0.1) is 0 Å². The number of Topliss-reactive ketones (excluding diaryl/α,β-unsaturated/α-hetero) is 1. The molecule has 1 unspecified atom stereocenters. The molecule has 1 N–H and O–H groups in total. The van der Waals surface area contributed by atoms with Gasteiger partial charge in [-0.2, -0.15) is 0 Å². The molecule has 0 fully saturated rings. The van der Waals surface area contributed by atoms with Gasteiger partial charge in [0.15, 0.2) is 0 Å². The van der Waals surface area contributed by atoms with Gasteiger partial charge < -0.3 is 5.32 Å². The van der Waals surface area contributed by atoms with E-state index in [1.54, 1.807) is 0 Å². The van der Waals surface area contributed by atoms with E-state index in [0.29, 0.717) is 24.5 Å². The molecule has 0 heterocycles. The van der Waals surface area contributed by atoms with E-state index >= 15 is 0 Å². The van der Waals surface area contributed by atoms with Crippen LogP contribution in [0.3, 0.4) is 0 Å². The predicted octanol–water partition coefficient (Wildman–Crippen LogP) is 2.93. The van der Waals surface area contributed by atoms with Crippen molar-refractivity contribution >= 4 is 11.7 Å². The number of carbonyl (C=O) groups is 2. The lowest BCUT2D eigenvalue weighted by molar-refractivity contribution is -0.123. The van der Waals surface area contributed by atoms with Crippen molar-refractivity contribution in [2.75, 3.05) is 0 Å². The SMILES string of the molecule is CC(C)C(=O)CCCCC(=O)NC(C)C(C)C. The molecular formula is C14H27NO2. The van der Waals surface area contributed by atoms with Crippen LogP contribution in [0.5, 0.6) is 0 Å². The smallest absolute Gasteiger partial charge is 0.220 e. The molecule has 0 aromatic heterocycles. The molecule has 0 saturated carbocycles. The van der Waals surface area contributed by atoms with Crippen molar-refractivity contribution < 1.29 is 9.59 Å². The third-order valence-corrected chi connectivity index (χ3v) is 3.11. The van der Waals surface area contributed by atoms with Crippen LogP contribution >= 0.6 is 0 Å². The molecule has 0 spiro atoms. The van der Waals surface area contributed by atoms with E-state index in [0.717, 1.165) is 12.8 Å². The summed E-state index contributed by atoms with van der Waals surface area (Å²) in [6.45, 7) is 10.0. The van der Waals surface area contributed by atoms with Crippen molar-refractivity contribution in [3.63, 3.8) is 0 Å². The molecule has 0 aromatic carbocycles. The van der Waals surface area contributed by atoms with Gasteiger partial charge in [-0.3, -0.25) is 9.59 Å². The Labute approximate surface area is 105 Å². The van der Waals surface area contributed by atoms with Crippen molar-refractivity contribution in [3.8, 4) is 0 Å². The molecule has 0 radical (unpaired) electrons. The van der Waals surface area contributed by atoms with Gasteiger partial charge in [0, 0.05) is 24.8 Å². The molecule has 0 bridgehead atoms. The van der Waals surface area contributed by atoms with Crippen LogP contribution in [0.1, 0.15) is 60.3 Å². The number of hydrogen-bond acceptors (Lipinski definition) is 2. The molecule has 100 valence electrons. The highest BCUT2D eigenvalue weighted by molar-refractivity contribution is 5.80. The molecule has 0 aliphatic carbocycles. The average molecular weight is 241 g/mol. The minimum Gasteiger partial charge on any atom is -0.353 e. The summed E-state index contributed by atoms with van der Waals surface area (Å²) in [6.07, 6.45) is 2.75. The van der Waals surface area contributed by atoms with Crippen LogP contribution in [0.4, 0.5) is 0 Å². The van der Waals surface area contributed by atoms with Gasteiger partial charge in [0.05, 0.1) is 0 Å². The van der Waals surface area contributed by atoms with Crippen molar-refractivity contribution in [2.45, 2.75) is 66.3 Å². The maximum Gasteiger partial charge on any atom is 0.220 e. The number of nitrogens with one attached hydrogen (secondary N) is 1. The highest BCUT2D eigenvalue weighted by Gasteiger charge is 2.11. The van der Waals surface area contributed by atoms with E-state index < -0.39 is 0 Å². The summed E-state index contributed by atoms with van der Waals surface area (Å²) in [5, 5.41) is 2.97. The average Bonchev–Trinajstić information content (AvgIpc) is 2.23. The second-order valence-electron chi connectivity index (χ2n) is 5.43. The number of unbranched alkanes of at least 4 members (excludes halogenated alkanes) is 1. The lowest BCUT2D eigenvalue weighted by Crippen LogP contribution is -2.35. The zero-order valence-corrected chi connectivity index (χ0v) is 11.9. The summed E-state index contributed by atoms with van der Waals surface area (Å²) in [7, 11) is 0. The summed E-state index contributed by atoms with van der Waals surface area (Å²) in [5.74, 6) is 0.968.